The Balaban J connectivity index is 2.56. The van der Waals surface area contributed by atoms with E-state index in [1.165, 1.54) is 0 Å². The van der Waals surface area contributed by atoms with Crippen LogP contribution in [0.3, 0.4) is 0 Å². The molecule has 5 nitrogen and oxygen atoms in total. The number of hydrogen-bond donors (Lipinski definition) is 3. The number of nitrogens with one attached hydrogen (secondary N) is 2. The van der Waals surface area contributed by atoms with Crippen molar-refractivity contribution >= 4 is 12.0 Å². The van der Waals surface area contributed by atoms with Crippen LogP contribution in [-0.2, 0) is 4.79 Å². The smallest absolute Gasteiger partial charge is 0.329 e. The van der Waals surface area contributed by atoms with Crippen molar-refractivity contribution in [2.45, 2.75) is 70.9 Å². The summed E-state index contributed by atoms with van der Waals surface area (Å²) in [6.45, 7) is 6.17. The van der Waals surface area contributed by atoms with Gasteiger partial charge in [-0.1, -0.05) is 39.5 Å². The lowest BCUT2D eigenvalue weighted by atomic mass is 9.95. The normalized spacial score (nSPS) is 19.2. The van der Waals surface area contributed by atoms with Gasteiger partial charge in [-0.25, -0.2) is 9.59 Å². The summed E-state index contributed by atoms with van der Waals surface area (Å²) >= 11 is 0. The number of carboxylic acid groups (broad SMARTS) is 1. The van der Waals surface area contributed by atoms with Gasteiger partial charge in [-0.2, -0.15) is 0 Å². The van der Waals surface area contributed by atoms with Gasteiger partial charge in [-0.3, -0.25) is 0 Å². The van der Waals surface area contributed by atoms with Crippen molar-refractivity contribution in [1.29, 1.82) is 0 Å². The molecule has 0 heterocycles. The SMILES string of the molecule is CCC(CC)C(C)NC(=O)NC1(C(=O)O)CCCC1. The summed E-state index contributed by atoms with van der Waals surface area (Å²) in [4.78, 5) is 23.3. The molecule has 0 spiro atoms. The summed E-state index contributed by atoms with van der Waals surface area (Å²) < 4.78 is 0. The highest BCUT2D eigenvalue weighted by Gasteiger charge is 2.42. The Morgan fingerprint density at radius 2 is 1.74 bits per heavy atom. The molecule has 1 rings (SSSR count). The molecule has 0 aromatic carbocycles. The van der Waals surface area contributed by atoms with E-state index < -0.39 is 11.5 Å². The molecule has 1 fully saturated rings. The highest BCUT2D eigenvalue weighted by Crippen LogP contribution is 2.29. The summed E-state index contributed by atoms with van der Waals surface area (Å²) in [7, 11) is 0. The van der Waals surface area contributed by atoms with Gasteiger partial charge in [0, 0.05) is 6.04 Å². The second-order valence-electron chi connectivity index (χ2n) is 5.56. The number of hydrogen-bond acceptors (Lipinski definition) is 2. The van der Waals surface area contributed by atoms with Gasteiger partial charge in [0.15, 0.2) is 0 Å². The fourth-order valence-corrected chi connectivity index (χ4v) is 2.94. The third-order valence-electron chi connectivity index (χ3n) is 4.33. The summed E-state index contributed by atoms with van der Waals surface area (Å²) in [6.07, 6.45) is 4.76. The van der Waals surface area contributed by atoms with Crippen LogP contribution in [0.1, 0.15) is 59.3 Å². The Morgan fingerprint density at radius 1 is 1.21 bits per heavy atom. The highest BCUT2D eigenvalue weighted by molar-refractivity contribution is 5.86. The highest BCUT2D eigenvalue weighted by atomic mass is 16.4. The zero-order chi connectivity index (χ0) is 14.5. The second kappa shape index (κ2) is 6.78. The van der Waals surface area contributed by atoms with Crippen LogP contribution in [0.15, 0.2) is 0 Å². The van der Waals surface area contributed by atoms with Crippen LogP contribution in [0.25, 0.3) is 0 Å². The first-order valence-electron chi connectivity index (χ1n) is 7.27. The number of rotatable bonds is 6. The minimum Gasteiger partial charge on any atom is -0.480 e. The molecule has 0 aromatic heterocycles. The van der Waals surface area contributed by atoms with Gasteiger partial charge < -0.3 is 15.7 Å². The molecule has 0 bridgehead atoms. The van der Waals surface area contributed by atoms with Crippen molar-refractivity contribution in [1.82, 2.24) is 10.6 Å². The maximum Gasteiger partial charge on any atom is 0.329 e. The van der Waals surface area contributed by atoms with E-state index >= 15 is 0 Å². The minimum absolute atomic E-state index is 0.0576. The van der Waals surface area contributed by atoms with Crippen LogP contribution < -0.4 is 10.6 Å². The third-order valence-corrected chi connectivity index (χ3v) is 4.33. The first kappa shape index (κ1) is 15.8. The van der Waals surface area contributed by atoms with Crippen molar-refractivity contribution in [2.24, 2.45) is 5.92 Å². The number of amides is 2. The predicted octanol–water partition coefficient (Wildman–Crippen LogP) is 2.51. The topological polar surface area (TPSA) is 78.4 Å². The number of urea groups is 1. The van der Waals surface area contributed by atoms with E-state index in [1.807, 2.05) is 6.92 Å². The Bertz CT molecular complexity index is 321. The molecule has 1 unspecified atom stereocenters. The van der Waals surface area contributed by atoms with Gasteiger partial charge in [-0.05, 0) is 25.7 Å². The van der Waals surface area contributed by atoms with E-state index in [9.17, 15) is 14.7 Å². The molecule has 1 atom stereocenters. The first-order chi connectivity index (χ1) is 8.95. The lowest BCUT2D eigenvalue weighted by Gasteiger charge is -2.28. The monoisotopic (exact) mass is 270 g/mol. The van der Waals surface area contributed by atoms with Crippen molar-refractivity contribution in [3.05, 3.63) is 0 Å². The van der Waals surface area contributed by atoms with Gasteiger partial charge in [0.1, 0.15) is 5.54 Å². The molecular formula is C14H26N2O3. The van der Waals surface area contributed by atoms with E-state index in [4.69, 9.17) is 0 Å². The summed E-state index contributed by atoms with van der Waals surface area (Å²) in [5.41, 5.74) is -1.06. The maximum absolute atomic E-state index is 12.0. The van der Waals surface area contributed by atoms with Gasteiger partial charge in [0.05, 0.1) is 0 Å². The maximum atomic E-state index is 12.0. The van der Waals surface area contributed by atoms with Crippen LogP contribution in [0, 0.1) is 5.92 Å². The Labute approximate surface area is 115 Å². The van der Waals surface area contributed by atoms with Crippen molar-refractivity contribution in [3.8, 4) is 0 Å². The van der Waals surface area contributed by atoms with E-state index in [1.54, 1.807) is 0 Å². The van der Waals surface area contributed by atoms with Crippen molar-refractivity contribution < 1.29 is 14.7 Å². The molecule has 0 radical (unpaired) electrons. The lowest BCUT2D eigenvalue weighted by molar-refractivity contribution is -0.144. The standard InChI is InChI=1S/C14H26N2O3/c1-4-11(5-2)10(3)15-13(19)16-14(12(17)18)8-6-7-9-14/h10-11H,4-9H2,1-3H3,(H,17,18)(H2,15,16,19). The molecule has 19 heavy (non-hydrogen) atoms. The van der Waals surface area contributed by atoms with E-state index in [2.05, 4.69) is 24.5 Å². The fourth-order valence-electron chi connectivity index (χ4n) is 2.94. The lowest BCUT2D eigenvalue weighted by Crippen LogP contribution is -2.57. The van der Waals surface area contributed by atoms with Gasteiger partial charge in [0.2, 0.25) is 0 Å². The quantitative estimate of drug-likeness (QED) is 0.694. The van der Waals surface area contributed by atoms with E-state index in [-0.39, 0.29) is 12.1 Å². The first-order valence-corrected chi connectivity index (χ1v) is 7.27. The van der Waals surface area contributed by atoms with Crippen LogP contribution >= 0.6 is 0 Å². The van der Waals surface area contributed by atoms with Crippen molar-refractivity contribution in [2.75, 3.05) is 0 Å². The molecule has 1 aliphatic rings. The average molecular weight is 270 g/mol. The molecular weight excluding hydrogens is 244 g/mol. The fraction of sp³-hybridized carbons (Fsp3) is 0.857. The van der Waals surface area contributed by atoms with Gasteiger partial charge in [0.25, 0.3) is 0 Å². The Hall–Kier alpha value is -1.26. The number of carbonyl (C=O) groups excluding carboxylic acids is 1. The minimum atomic E-state index is -1.06. The molecule has 0 aliphatic heterocycles. The summed E-state index contributed by atoms with van der Waals surface area (Å²) in [6, 6.07) is -0.300. The number of carboxylic acids is 1. The number of carbonyl (C=O) groups is 2. The molecule has 5 heteroatoms. The molecule has 1 saturated carbocycles. The van der Waals surface area contributed by atoms with Crippen LogP contribution in [-0.4, -0.2) is 28.7 Å². The largest absolute Gasteiger partial charge is 0.480 e. The van der Waals surface area contributed by atoms with Crippen LogP contribution in [0.2, 0.25) is 0 Å². The Morgan fingerprint density at radius 3 is 2.16 bits per heavy atom. The van der Waals surface area contributed by atoms with E-state index in [0.717, 1.165) is 25.7 Å². The zero-order valence-corrected chi connectivity index (χ0v) is 12.2. The van der Waals surface area contributed by atoms with Crippen molar-refractivity contribution in [3.63, 3.8) is 0 Å². The average Bonchev–Trinajstić information content (AvgIpc) is 2.80. The van der Waals surface area contributed by atoms with Crippen LogP contribution in [0.5, 0.6) is 0 Å². The molecule has 0 saturated heterocycles. The predicted molar refractivity (Wildman–Crippen MR) is 74.0 cm³/mol. The molecule has 110 valence electrons. The molecule has 1 aliphatic carbocycles. The van der Waals surface area contributed by atoms with Gasteiger partial charge >= 0.3 is 12.0 Å². The zero-order valence-electron chi connectivity index (χ0n) is 12.2. The van der Waals surface area contributed by atoms with E-state index in [0.29, 0.717) is 18.8 Å². The van der Waals surface area contributed by atoms with Gasteiger partial charge in [-0.15, -0.1) is 0 Å². The summed E-state index contributed by atoms with van der Waals surface area (Å²) in [5.74, 6) is -0.495. The molecule has 0 aromatic rings. The third kappa shape index (κ3) is 3.85. The van der Waals surface area contributed by atoms with Crippen LogP contribution in [0.4, 0.5) is 4.79 Å². The number of aliphatic carboxylic acids is 1. The summed E-state index contributed by atoms with van der Waals surface area (Å²) in [5, 5.41) is 14.9. The molecule has 3 N–H and O–H groups in total. The Kier molecular flexibility index (Phi) is 5.63. The molecule has 2 amide bonds. The second-order valence-corrected chi connectivity index (χ2v) is 5.56.